The van der Waals surface area contributed by atoms with Gasteiger partial charge >= 0.3 is 0 Å². The molecule has 1 aliphatic heterocycles. The van der Waals surface area contributed by atoms with E-state index in [9.17, 15) is 14.4 Å². The van der Waals surface area contributed by atoms with Gasteiger partial charge in [0, 0.05) is 44.8 Å². The fourth-order valence-corrected chi connectivity index (χ4v) is 5.93. The van der Waals surface area contributed by atoms with Gasteiger partial charge in [-0.15, -0.1) is 11.3 Å². The van der Waals surface area contributed by atoms with Crippen LogP contribution in [-0.2, 0) is 27.3 Å². The van der Waals surface area contributed by atoms with Crippen molar-refractivity contribution in [2.75, 3.05) is 46.1 Å². The number of hydrogen-bond donors (Lipinski definition) is 2. The highest BCUT2D eigenvalue weighted by Crippen LogP contribution is 2.31. The van der Waals surface area contributed by atoms with Crippen LogP contribution in [0.25, 0.3) is 0 Å². The molecule has 0 aliphatic carbocycles. The van der Waals surface area contributed by atoms with Crippen LogP contribution in [0.15, 0.2) is 30.4 Å². The number of fused-ring (bicyclic) bond motifs is 1. The molecule has 0 radical (unpaired) electrons. The van der Waals surface area contributed by atoms with Crippen molar-refractivity contribution in [1.29, 1.82) is 0 Å². The molecular weight excluding hydrogens is 617 g/mol. The zero-order valence-corrected chi connectivity index (χ0v) is 33.2. The minimum atomic E-state index is 0.0544. The molecule has 2 rings (SSSR count). The van der Waals surface area contributed by atoms with Crippen molar-refractivity contribution in [3.63, 3.8) is 0 Å². The predicted octanol–water partition coefficient (Wildman–Crippen LogP) is 9.96. The monoisotopic (exact) mass is 691 g/mol. The molecule has 0 spiro atoms. The zero-order valence-electron chi connectivity index (χ0n) is 32.3. The highest BCUT2D eigenvalue weighted by Gasteiger charge is 2.22. The first-order valence-corrected chi connectivity index (χ1v) is 19.8. The summed E-state index contributed by atoms with van der Waals surface area (Å²) in [5.41, 5.74) is 1.42. The Kier molecular flexibility index (Phi) is 35.6. The van der Waals surface area contributed by atoms with E-state index in [0.717, 1.165) is 71.0 Å². The van der Waals surface area contributed by atoms with E-state index in [2.05, 4.69) is 64.7 Å². The Hall–Kier alpha value is -2.45. The molecule has 2 amide bonds. The Balaban J connectivity index is 0. The van der Waals surface area contributed by atoms with Gasteiger partial charge in [-0.1, -0.05) is 96.9 Å². The summed E-state index contributed by atoms with van der Waals surface area (Å²) in [6.07, 6.45) is 29.2. The van der Waals surface area contributed by atoms with Gasteiger partial charge in [0.2, 0.25) is 11.8 Å². The highest BCUT2D eigenvalue weighted by atomic mass is 32.1. The van der Waals surface area contributed by atoms with E-state index >= 15 is 0 Å². The molecule has 0 saturated carbocycles. The van der Waals surface area contributed by atoms with Gasteiger partial charge in [-0.3, -0.25) is 9.59 Å². The molecule has 48 heavy (non-hydrogen) atoms. The molecule has 8 heteroatoms. The highest BCUT2D eigenvalue weighted by molar-refractivity contribution is 7.16. The van der Waals surface area contributed by atoms with Gasteiger partial charge in [0.15, 0.2) is 0 Å². The van der Waals surface area contributed by atoms with Crippen LogP contribution in [-0.4, -0.2) is 68.7 Å². The van der Waals surface area contributed by atoms with Crippen LogP contribution in [0, 0.1) is 0 Å². The normalized spacial score (nSPS) is 12.0. The Bertz CT molecular complexity index is 958. The first-order valence-electron chi connectivity index (χ1n) is 19.0. The number of rotatable bonds is 22. The van der Waals surface area contributed by atoms with Gasteiger partial charge in [-0.2, -0.15) is 0 Å². The zero-order chi connectivity index (χ0) is 36.3. The molecule has 1 aromatic rings. The average molecular weight is 691 g/mol. The lowest BCUT2D eigenvalue weighted by Gasteiger charge is -2.26. The van der Waals surface area contributed by atoms with E-state index in [1.807, 2.05) is 35.0 Å². The summed E-state index contributed by atoms with van der Waals surface area (Å²) in [5.74, 6) is 0.392. The number of thiophene rings is 1. The molecule has 0 saturated heterocycles. The lowest BCUT2D eigenvalue weighted by molar-refractivity contribution is -0.132. The summed E-state index contributed by atoms with van der Waals surface area (Å²) >= 11 is 1.79. The number of nitrogens with one attached hydrogen (secondary N) is 2. The van der Waals surface area contributed by atoms with E-state index in [0.29, 0.717) is 12.3 Å². The van der Waals surface area contributed by atoms with Crippen LogP contribution in [0.5, 0.6) is 0 Å². The van der Waals surface area contributed by atoms with Crippen LogP contribution >= 0.6 is 11.3 Å². The minimum absolute atomic E-state index is 0.0544. The summed E-state index contributed by atoms with van der Waals surface area (Å²) in [4.78, 5) is 38.1. The molecule has 278 valence electrons. The smallest absolute Gasteiger partial charge is 0.222 e. The SMILES string of the molecule is CC.CC(=O)NCCCN(C)C.CCCC/C=C\C/C=C\CCCCCCCC(=O)N1CCc2cc(NC)sc2C1.CCCCCC=O. The van der Waals surface area contributed by atoms with Gasteiger partial charge in [0.25, 0.3) is 0 Å². The van der Waals surface area contributed by atoms with Crippen molar-refractivity contribution >= 4 is 34.4 Å². The van der Waals surface area contributed by atoms with Crippen molar-refractivity contribution in [1.82, 2.24) is 15.1 Å². The maximum atomic E-state index is 12.5. The second-order valence-corrected chi connectivity index (χ2v) is 13.4. The molecule has 0 fully saturated rings. The largest absolute Gasteiger partial charge is 0.380 e. The van der Waals surface area contributed by atoms with Crippen molar-refractivity contribution in [3.8, 4) is 0 Å². The van der Waals surface area contributed by atoms with Crippen LogP contribution < -0.4 is 10.6 Å². The van der Waals surface area contributed by atoms with Crippen molar-refractivity contribution in [3.05, 3.63) is 40.8 Å². The standard InChI is InChI=1S/C25H40N2OS.C7H16N2O.C6H12O.C2H6/c1-3-4-5-6-7-8-9-10-11-12-13-14-15-16-17-25(28)27-19-18-22-20-24(26-2)29-23(22)21-27;1-7(10)8-5-4-6-9(2)3;1-2-3-4-5-6-7;1-2/h6-7,9-10,20,26H,3-5,8,11-19,21H2,1-2H3;4-6H2,1-3H3,(H,8,10);6H,2-5H2,1H3;1-2H3/b7-6-,10-9-;;;. The summed E-state index contributed by atoms with van der Waals surface area (Å²) in [7, 11) is 6.00. The second-order valence-electron chi connectivity index (χ2n) is 12.3. The second kappa shape index (κ2) is 35.8. The Morgan fingerprint density at radius 2 is 1.50 bits per heavy atom. The van der Waals surface area contributed by atoms with Gasteiger partial charge in [0.05, 0.1) is 11.5 Å². The lowest BCUT2D eigenvalue weighted by Crippen LogP contribution is -2.35. The van der Waals surface area contributed by atoms with Crippen molar-refractivity contribution in [2.45, 2.75) is 150 Å². The minimum Gasteiger partial charge on any atom is -0.380 e. The van der Waals surface area contributed by atoms with Gasteiger partial charge < -0.3 is 25.2 Å². The third-order valence-electron chi connectivity index (χ3n) is 7.65. The number of allylic oxidation sites excluding steroid dienone is 4. The first-order chi connectivity index (χ1) is 23.3. The summed E-state index contributed by atoms with van der Waals surface area (Å²) in [6.45, 7) is 13.4. The van der Waals surface area contributed by atoms with E-state index in [4.69, 9.17) is 0 Å². The summed E-state index contributed by atoms with van der Waals surface area (Å²) in [5, 5.41) is 7.16. The maximum absolute atomic E-state index is 12.5. The number of unbranched alkanes of at least 4 members (excludes halogenated alkanes) is 10. The van der Waals surface area contributed by atoms with E-state index in [1.54, 1.807) is 11.3 Å². The summed E-state index contributed by atoms with van der Waals surface area (Å²) in [6, 6.07) is 2.24. The van der Waals surface area contributed by atoms with E-state index in [1.165, 1.54) is 86.6 Å². The number of amides is 2. The molecule has 0 unspecified atom stereocenters. The van der Waals surface area contributed by atoms with Crippen LogP contribution in [0.2, 0.25) is 0 Å². The third kappa shape index (κ3) is 29.7. The van der Waals surface area contributed by atoms with Crippen LogP contribution in [0.1, 0.15) is 148 Å². The quantitative estimate of drug-likeness (QED) is 0.0719. The van der Waals surface area contributed by atoms with Crippen molar-refractivity contribution < 1.29 is 14.4 Å². The average Bonchev–Trinajstić information content (AvgIpc) is 3.51. The predicted molar refractivity (Wildman–Crippen MR) is 211 cm³/mol. The molecule has 1 aliphatic rings. The lowest BCUT2D eigenvalue weighted by atomic mass is 10.1. The maximum Gasteiger partial charge on any atom is 0.222 e. The molecule has 0 atom stereocenters. The first kappa shape index (κ1) is 47.7. The Labute approximate surface area is 300 Å². The number of hydrogen-bond acceptors (Lipinski definition) is 6. The molecular formula is C40H74N4O3S. The molecule has 0 aromatic carbocycles. The summed E-state index contributed by atoms with van der Waals surface area (Å²) < 4.78 is 0. The Morgan fingerprint density at radius 3 is 2.10 bits per heavy atom. The number of aldehydes is 1. The molecule has 7 nitrogen and oxygen atoms in total. The number of anilines is 1. The van der Waals surface area contributed by atoms with Gasteiger partial charge in [0.1, 0.15) is 6.29 Å². The molecule has 2 N–H and O–H groups in total. The number of nitrogens with zero attached hydrogens (tertiary/aromatic N) is 2. The molecule has 1 aromatic heterocycles. The topological polar surface area (TPSA) is 81.8 Å². The van der Waals surface area contributed by atoms with Crippen LogP contribution in [0.4, 0.5) is 5.00 Å². The number of carbonyl (C=O) groups is 3. The van der Waals surface area contributed by atoms with Crippen molar-refractivity contribution in [2.24, 2.45) is 0 Å². The van der Waals surface area contributed by atoms with Gasteiger partial charge in [-0.05, 0) is 83.6 Å². The van der Waals surface area contributed by atoms with E-state index < -0.39 is 0 Å². The van der Waals surface area contributed by atoms with Crippen LogP contribution in [0.3, 0.4) is 0 Å². The van der Waals surface area contributed by atoms with Gasteiger partial charge in [-0.25, -0.2) is 0 Å². The fourth-order valence-electron chi connectivity index (χ4n) is 4.85. The number of carbonyl (C=O) groups excluding carboxylic acids is 3. The molecule has 0 bridgehead atoms. The Morgan fingerprint density at radius 1 is 0.875 bits per heavy atom. The van der Waals surface area contributed by atoms with E-state index in [-0.39, 0.29) is 5.91 Å². The third-order valence-corrected chi connectivity index (χ3v) is 8.83. The fraction of sp³-hybridized carbons (Fsp3) is 0.725. The molecule has 2 heterocycles.